The molecule has 1 atom stereocenters. The molecule has 1 aromatic carbocycles. The van der Waals surface area contributed by atoms with E-state index in [0.29, 0.717) is 18.7 Å². The van der Waals surface area contributed by atoms with Crippen molar-refractivity contribution < 1.29 is 9.18 Å². The molecule has 0 saturated heterocycles. The standard InChI is InChI=1S/C12H14FN3O/c1-9(17)15-6-7-16-12(8-14)10-2-4-11(13)5-3-10/h2-5,12,16H,6-7H2,1H3,(H,15,17). The molecule has 2 N–H and O–H groups in total. The van der Waals surface area contributed by atoms with Gasteiger partial charge in [0.05, 0.1) is 6.07 Å². The van der Waals surface area contributed by atoms with Crippen LogP contribution in [0.1, 0.15) is 18.5 Å². The number of carbonyl (C=O) groups excluding carboxylic acids is 1. The average molecular weight is 235 g/mol. The topological polar surface area (TPSA) is 64.9 Å². The van der Waals surface area contributed by atoms with E-state index in [9.17, 15) is 9.18 Å². The van der Waals surface area contributed by atoms with Crippen molar-refractivity contribution in [1.82, 2.24) is 10.6 Å². The van der Waals surface area contributed by atoms with Crippen molar-refractivity contribution in [2.24, 2.45) is 0 Å². The molecular formula is C12H14FN3O. The number of hydrogen-bond donors (Lipinski definition) is 2. The van der Waals surface area contributed by atoms with Crippen molar-refractivity contribution in [2.45, 2.75) is 13.0 Å². The number of rotatable bonds is 5. The SMILES string of the molecule is CC(=O)NCCNC(C#N)c1ccc(F)cc1. The van der Waals surface area contributed by atoms with E-state index >= 15 is 0 Å². The van der Waals surface area contributed by atoms with Gasteiger partial charge in [-0.2, -0.15) is 5.26 Å². The Bertz CT molecular complexity index is 411. The second kappa shape index (κ2) is 6.61. The van der Waals surface area contributed by atoms with E-state index in [4.69, 9.17) is 5.26 Å². The Kier molecular flexibility index (Phi) is 5.11. The van der Waals surface area contributed by atoms with E-state index in [2.05, 4.69) is 16.7 Å². The molecule has 1 rings (SSSR count). The van der Waals surface area contributed by atoms with Gasteiger partial charge in [0.1, 0.15) is 11.9 Å². The lowest BCUT2D eigenvalue weighted by molar-refractivity contribution is -0.118. The highest BCUT2D eigenvalue weighted by atomic mass is 19.1. The summed E-state index contributed by atoms with van der Waals surface area (Å²) >= 11 is 0. The minimum atomic E-state index is -0.496. The molecule has 0 aromatic heterocycles. The molecule has 1 aromatic rings. The van der Waals surface area contributed by atoms with Gasteiger partial charge < -0.3 is 5.32 Å². The first-order valence-electron chi connectivity index (χ1n) is 5.26. The molecule has 0 aliphatic heterocycles. The molecule has 0 aliphatic carbocycles. The molecule has 0 bridgehead atoms. The molecule has 0 spiro atoms. The molecule has 17 heavy (non-hydrogen) atoms. The minimum Gasteiger partial charge on any atom is -0.355 e. The van der Waals surface area contributed by atoms with Crippen LogP contribution in [0.25, 0.3) is 0 Å². The number of carbonyl (C=O) groups is 1. The zero-order chi connectivity index (χ0) is 12.7. The quantitative estimate of drug-likeness (QED) is 0.751. The average Bonchev–Trinajstić information content (AvgIpc) is 2.30. The van der Waals surface area contributed by atoms with Gasteiger partial charge in [-0.25, -0.2) is 4.39 Å². The summed E-state index contributed by atoms with van der Waals surface area (Å²) < 4.78 is 12.7. The van der Waals surface area contributed by atoms with Gasteiger partial charge >= 0.3 is 0 Å². The van der Waals surface area contributed by atoms with Crippen molar-refractivity contribution in [3.63, 3.8) is 0 Å². The fourth-order valence-corrected chi connectivity index (χ4v) is 1.35. The summed E-state index contributed by atoms with van der Waals surface area (Å²) in [4.78, 5) is 10.6. The van der Waals surface area contributed by atoms with Gasteiger partial charge in [-0.3, -0.25) is 10.1 Å². The highest BCUT2D eigenvalue weighted by Crippen LogP contribution is 2.12. The molecule has 0 heterocycles. The first kappa shape index (κ1) is 13.1. The Balaban J connectivity index is 2.46. The largest absolute Gasteiger partial charge is 0.355 e. The second-order valence-electron chi connectivity index (χ2n) is 3.55. The molecule has 1 amide bonds. The Morgan fingerprint density at radius 3 is 2.59 bits per heavy atom. The number of halogens is 1. The second-order valence-corrected chi connectivity index (χ2v) is 3.55. The summed E-state index contributed by atoms with van der Waals surface area (Å²) in [5, 5.41) is 14.5. The van der Waals surface area contributed by atoms with Crippen molar-refractivity contribution in [3.05, 3.63) is 35.6 Å². The van der Waals surface area contributed by atoms with E-state index in [-0.39, 0.29) is 11.7 Å². The molecule has 0 fully saturated rings. The normalized spacial score (nSPS) is 11.6. The summed E-state index contributed by atoms with van der Waals surface area (Å²) in [5.74, 6) is -0.439. The van der Waals surface area contributed by atoms with Crippen LogP contribution in [-0.2, 0) is 4.79 Å². The highest BCUT2D eigenvalue weighted by Gasteiger charge is 2.08. The van der Waals surface area contributed by atoms with Crippen LogP contribution in [0.3, 0.4) is 0 Å². The maximum Gasteiger partial charge on any atom is 0.216 e. The predicted molar refractivity (Wildman–Crippen MR) is 61.4 cm³/mol. The number of amides is 1. The van der Waals surface area contributed by atoms with E-state index in [0.717, 1.165) is 0 Å². The van der Waals surface area contributed by atoms with Crippen molar-refractivity contribution in [2.75, 3.05) is 13.1 Å². The number of hydrogen-bond acceptors (Lipinski definition) is 3. The summed E-state index contributed by atoms with van der Waals surface area (Å²) in [6, 6.07) is 7.34. The smallest absolute Gasteiger partial charge is 0.216 e. The minimum absolute atomic E-state index is 0.109. The maximum absolute atomic E-state index is 12.7. The van der Waals surface area contributed by atoms with Crippen LogP contribution >= 0.6 is 0 Å². The lowest BCUT2D eigenvalue weighted by Crippen LogP contribution is -2.32. The van der Waals surface area contributed by atoms with Crippen molar-refractivity contribution in [3.8, 4) is 6.07 Å². The summed E-state index contributed by atoms with van der Waals surface area (Å²) in [6.07, 6.45) is 0. The maximum atomic E-state index is 12.7. The Morgan fingerprint density at radius 1 is 1.41 bits per heavy atom. The van der Waals surface area contributed by atoms with E-state index in [1.165, 1.54) is 19.1 Å². The van der Waals surface area contributed by atoms with E-state index < -0.39 is 6.04 Å². The first-order valence-corrected chi connectivity index (χ1v) is 5.26. The van der Waals surface area contributed by atoms with Crippen LogP contribution < -0.4 is 10.6 Å². The van der Waals surface area contributed by atoms with Crippen LogP contribution in [-0.4, -0.2) is 19.0 Å². The zero-order valence-electron chi connectivity index (χ0n) is 9.53. The third-order valence-electron chi connectivity index (χ3n) is 2.18. The van der Waals surface area contributed by atoms with E-state index in [1.54, 1.807) is 12.1 Å². The molecule has 1 unspecified atom stereocenters. The number of nitriles is 1. The van der Waals surface area contributed by atoms with Crippen LogP contribution in [0.5, 0.6) is 0 Å². The van der Waals surface area contributed by atoms with Crippen molar-refractivity contribution in [1.29, 1.82) is 5.26 Å². The predicted octanol–water partition coefficient (Wildman–Crippen LogP) is 1.12. The third-order valence-corrected chi connectivity index (χ3v) is 2.18. The summed E-state index contributed by atoms with van der Waals surface area (Å²) in [6.45, 7) is 2.37. The third kappa shape index (κ3) is 4.62. The molecule has 5 heteroatoms. The van der Waals surface area contributed by atoms with Gasteiger partial charge in [0.25, 0.3) is 0 Å². The molecule has 0 saturated carbocycles. The van der Waals surface area contributed by atoms with Gasteiger partial charge in [-0.05, 0) is 17.7 Å². The summed E-state index contributed by atoms with van der Waals surface area (Å²) in [5.41, 5.74) is 0.705. The lowest BCUT2D eigenvalue weighted by Gasteiger charge is -2.11. The molecule has 0 aliphatic rings. The monoisotopic (exact) mass is 235 g/mol. The fourth-order valence-electron chi connectivity index (χ4n) is 1.35. The van der Waals surface area contributed by atoms with Crippen LogP contribution in [0.15, 0.2) is 24.3 Å². The zero-order valence-corrected chi connectivity index (χ0v) is 9.53. The Hall–Kier alpha value is -1.93. The van der Waals surface area contributed by atoms with Gasteiger partial charge in [-0.15, -0.1) is 0 Å². The molecular weight excluding hydrogens is 221 g/mol. The van der Waals surface area contributed by atoms with E-state index in [1.807, 2.05) is 0 Å². The summed E-state index contributed by atoms with van der Waals surface area (Å²) in [7, 11) is 0. The van der Waals surface area contributed by atoms with Gasteiger partial charge in [0.2, 0.25) is 5.91 Å². The molecule has 0 radical (unpaired) electrons. The molecule has 90 valence electrons. The number of nitrogens with one attached hydrogen (secondary N) is 2. The lowest BCUT2D eigenvalue weighted by atomic mass is 10.1. The first-order chi connectivity index (χ1) is 8.13. The number of nitrogens with zero attached hydrogens (tertiary/aromatic N) is 1. The fraction of sp³-hybridized carbons (Fsp3) is 0.333. The van der Waals surface area contributed by atoms with Gasteiger partial charge in [0, 0.05) is 20.0 Å². The van der Waals surface area contributed by atoms with Crippen LogP contribution in [0, 0.1) is 17.1 Å². The Labute approximate surface area is 99.4 Å². The van der Waals surface area contributed by atoms with Crippen molar-refractivity contribution >= 4 is 5.91 Å². The highest BCUT2D eigenvalue weighted by molar-refractivity contribution is 5.72. The van der Waals surface area contributed by atoms with Gasteiger partial charge in [0.15, 0.2) is 0 Å². The van der Waals surface area contributed by atoms with Crippen LogP contribution in [0.2, 0.25) is 0 Å². The van der Waals surface area contributed by atoms with Crippen LogP contribution in [0.4, 0.5) is 4.39 Å². The molecule has 4 nitrogen and oxygen atoms in total. The van der Waals surface area contributed by atoms with Gasteiger partial charge in [-0.1, -0.05) is 12.1 Å². The number of benzene rings is 1. The Morgan fingerprint density at radius 2 is 2.06 bits per heavy atom.